The number of nitrogens with one attached hydrogen (secondary N) is 1. The van der Waals surface area contributed by atoms with E-state index in [1.54, 1.807) is 0 Å². The summed E-state index contributed by atoms with van der Waals surface area (Å²) in [6.45, 7) is -0.160. The topological polar surface area (TPSA) is 111 Å². The number of nitrogens with two attached hydrogens (primary N) is 1. The number of sulfonamides is 1. The highest BCUT2D eigenvalue weighted by Gasteiger charge is 2.18. The van der Waals surface area contributed by atoms with Gasteiger partial charge in [0.2, 0.25) is 10.0 Å². The Bertz CT molecular complexity index is 1680. The molecule has 5 aromatic rings. The van der Waals surface area contributed by atoms with Gasteiger partial charge in [-0.2, -0.15) is 0 Å². The van der Waals surface area contributed by atoms with Gasteiger partial charge in [0.05, 0.1) is 0 Å². The molecule has 3 N–H and O–H groups in total. The van der Waals surface area contributed by atoms with Gasteiger partial charge in [-0.05, 0) is 29.3 Å². The largest absolute Gasteiger partial charge is 0.364 e. The van der Waals surface area contributed by atoms with E-state index in [0.717, 1.165) is 17.3 Å². The molecule has 0 atom stereocenters. The van der Waals surface area contributed by atoms with Crippen LogP contribution in [-0.2, 0) is 16.6 Å². The van der Waals surface area contributed by atoms with Crippen molar-refractivity contribution in [2.45, 2.75) is 11.4 Å². The molecule has 0 fully saturated rings. The third-order valence-electron chi connectivity index (χ3n) is 5.70. The lowest BCUT2D eigenvalue weighted by molar-refractivity contribution is 0.560. The van der Waals surface area contributed by atoms with Gasteiger partial charge in [-0.3, -0.25) is 4.98 Å². The number of anilines is 1. The van der Waals surface area contributed by atoms with Crippen LogP contribution in [0.4, 0.5) is 14.6 Å². The van der Waals surface area contributed by atoms with Gasteiger partial charge >= 0.3 is 0 Å². The Morgan fingerprint density at radius 1 is 0.833 bits per heavy atom. The molecule has 2 heterocycles. The predicted molar refractivity (Wildman–Crippen MR) is 133 cm³/mol. The molecule has 0 unspecified atom stereocenters. The van der Waals surface area contributed by atoms with Gasteiger partial charge < -0.3 is 5.32 Å². The fourth-order valence-electron chi connectivity index (χ4n) is 3.98. The number of aromatic nitrogens is 3. The van der Waals surface area contributed by atoms with Crippen molar-refractivity contribution in [1.82, 2.24) is 15.2 Å². The number of hydrogen-bond acceptors (Lipinski definition) is 6. The second-order valence-corrected chi connectivity index (χ2v) is 9.56. The average molecular weight is 504 g/mol. The maximum atomic E-state index is 14.2. The molecule has 0 bridgehead atoms. The fourth-order valence-corrected chi connectivity index (χ4v) is 4.48. The molecule has 5 rings (SSSR count). The van der Waals surface area contributed by atoms with Gasteiger partial charge in [0.25, 0.3) is 0 Å². The molecule has 0 aliphatic heterocycles. The SMILES string of the molecule is NS(=O)(=O)c1cncc(-c2nnc(NCc3c(F)cccc3F)c3c(-c4ccccc4)cccc23)c1. The fraction of sp³-hybridized carbons (Fsp3) is 0.0385. The summed E-state index contributed by atoms with van der Waals surface area (Å²) >= 11 is 0. The molecular formula is C26H19F2N5O2S. The van der Waals surface area contributed by atoms with Gasteiger partial charge in [0, 0.05) is 40.8 Å². The number of rotatable bonds is 6. The Morgan fingerprint density at radius 3 is 2.28 bits per heavy atom. The van der Waals surface area contributed by atoms with E-state index in [2.05, 4.69) is 20.5 Å². The van der Waals surface area contributed by atoms with Gasteiger partial charge in [0.15, 0.2) is 5.82 Å². The van der Waals surface area contributed by atoms with Crippen molar-refractivity contribution in [2.75, 3.05) is 5.32 Å². The van der Waals surface area contributed by atoms with Gasteiger partial charge in [0.1, 0.15) is 22.2 Å². The van der Waals surface area contributed by atoms with Crippen LogP contribution in [0.5, 0.6) is 0 Å². The van der Waals surface area contributed by atoms with Crippen molar-refractivity contribution in [2.24, 2.45) is 5.14 Å². The zero-order valence-electron chi connectivity index (χ0n) is 18.7. The number of nitrogens with zero attached hydrogens (tertiary/aromatic N) is 3. The molecule has 180 valence electrons. The zero-order chi connectivity index (χ0) is 25.3. The van der Waals surface area contributed by atoms with E-state index in [9.17, 15) is 17.2 Å². The van der Waals surface area contributed by atoms with E-state index in [-0.39, 0.29) is 17.0 Å². The average Bonchev–Trinajstić information content (AvgIpc) is 2.88. The molecule has 0 aliphatic carbocycles. The van der Waals surface area contributed by atoms with Crippen LogP contribution >= 0.6 is 0 Å². The molecule has 3 aromatic carbocycles. The summed E-state index contributed by atoms with van der Waals surface area (Å²) in [6.07, 6.45) is 2.62. The molecule has 0 saturated heterocycles. The maximum absolute atomic E-state index is 14.2. The van der Waals surface area contributed by atoms with Crippen LogP contribution in [0.1, 0.15) is 5.56 Å². The summed E-state index contributed by atoms with van der Waals surface area (Å²) in [6, 6.07) is 20.1. The number of hydrogen-bond donors (Lipinski definition) is 2. The summed E-state index contributed by atoms with van der Waals surface area (Å²) in [5, 5.41) is 18.2. The Kier molecular flexibility index (Phi) is 6.13. The van der Waals surface area contributed by atoms with Gasteiger partial charge in [-0.15, -0.1) is 10.2 Å². The Morgan fingerprint density at radius 2 is 1.56 bits per heavy atom. The van der Waals surface area contributed by atoms with Crippen LogP contribution in [0, 0.1) is 11.6 Å². The van der Waals surface area contributed by atoms with Crippen molar-refractivity contribution in [1.29, 1.82) is 0 Å². The molecule has 2 aromatic heterocycles. The zero-order valence-corrected chi connectivity index (χ0v) is 19.5. The van der Waals surface area contributed by atoms with Crippen LogP contribution in [0.15, 0.2) is 90.1 Å². The Labute approximate surface area is 205 Å². The molecular weight excluding hydrogens is 484 g/mol. The van der Waals surface area contributed by atoms with E-state index < -0.39 is 21.7 Å². The van der Waals surface area contributed by atoms with E-state index in [1.165, 1.54) is 30.5 Å². The lowest BCUT2D eigenvalue weighted by Crippen LogP contribution is -2.12. The van der Waals surface area contributed by atoms with E-state index in [0.29, 0.717) is 27.8 Å². The highest BCUT2D eigenvalue weighted by atomic mass is 32.2. The van der Waals surface area contributed by atoms with Crippen molar-refractivity contribution >= 4 is 26.6 Å². The minimum Gasteiger partial charge on any atom is -0.364 e. The third kappa shape index (κ3) is 4.51. The normalized spacial score (nSPS) is 11.5. The summed E-state index contributed by atoms with van der Waals surface area (Å²) in [7, 11) is -3.99. The van der Waals surface area contributed by atoms with Crippen molar-refractivity contribution in [3.05, 3.63) is 102 Å². The molecule has 0 amide bonds. The van der Waals surface area contributed by atoms with Gasteiger partial charge in [-0.1, -0.05) is 54.6 Å². The number of fused-ring (bicyclic) bond motifs is 1. The monoisotopic (exact) mass is 503 g/mol. The number of primary sulfonamides is 1. The van der Waals surface area contributed by atoms with E-state index in [4.69, 9.17) is 5.14 Å². The first-order valence-electron chi connectivity index (χ1n) is 10.8. The number of benzene rings is 3. The highest BCUT2D eigenvalue weighted by Crippen LogP contribution is 2.37. The maximum Gasteiger partial charge on any atom is 0.239 e. The second kappa shape index (κ2) is 9.40. The van der Waals surface area contributed by atoms with Crippen LogP contribution < -0.4 is 10.5 Å². The lowest BCUT2D eigenvalue weighted by atomic mass is 9.96. The van der Waals surface area contributed by atoms with Crippen LogP contribution in [0.3, 0.4) is 0 Å². The molecule has 0 radical (unpaired) electrons. The predicted octanol–water partition coefficient (Wildman–Crippen LogP) is 4.90. The summed E-state index contributed by atoms with van der Waals surface area (Å²) in [5.41, 5.74) is 2.34. The molecule has 36 heavy (non-hydrogen) atoms. The standard InChI is InChI=1S/C26H19F2N5O2S/c27-22-10-5-11-23(28)21(22)15-31-26-24-19(16-6-2-1-3-7-16)8-4-9-20(24)25(32-33-26)17-12-18(14-30-13-17)36(29,34)35/h1-14H,15H2,(H,31,33)(H2,29,34,35). The summed E-state index contributed by atoms with van der Waals surface area (Å²) < 4.78 is 52.3. The first-order valence-corrected chi connectivity index (χ1v) is 12.4. The number of pyridine rings is 1. The second-order valence-electron chi connectivity index (χ2n) is 8.00. The molecule has 0 aliphatic rings. The smallest absolute Gasteiger partial charge is 0.239 e. The summed E-state index contributed by atoms with van der Waals surface area (Å²) in [4.78, 5) is 3.85. The van der Waals surface area contributed by atoms with Crippen LogP contribution in [-0.4, -0.2) is 23.6 Å². The van der Waals surface area contributed by atoms with Gasteiger partial charge in [-0.25, -0.2) is 22.3 Å². The highest BCUT2D eigenvalue weighted by molar-refractivity contribution is 7.89. The van der Waals surface area contributed by atoms with E-state index in [1.807, 2.05) is 48.5 Å². The van der Waals surface area contributed by atoms with Crippen LogP contribution in [0.2, 0.25) is 0 Å². The molecule has 0 spiro atoms. The Balaban J connectivity index is 1.71. The van der Waals surface area contributed by atoms with Crippen molar-refractivity contribution in [3.63, 3.8) is 0 Å². The summed E-state index contributed by atoms with van der Waals surface area (Å²) in [5.74, 6) is -1.04. The molecule has 10 heteroatoms. The Hall–Kier alpha value is -4.28. The first kappa shape index (κ1) is 23.5. The van der Waals surface area contributed by atoms with E-state index >= 15 is 0 Å². The quantitative estimate of drug-likeness (QED) is 0.341. The number of halogens is 2. The minimum atomic E-state index is -3.99. The third-order valence-corrected chi connectivity index (χ3v) is 6.58. The first-order chi connectivity index (χ1) is 17.3. The molecule has 7 nitrogen and oxygen atoms in total. The molecule has 0 saturated carbocycles. The lowest BCUT2D eigenvalue weighted by Gasteiger charge is -2.15. The van der Waals surface area contributed by atoms with Crippen molar-refractivity contribution < 1.29 is 17.2 Å². The minimum absolute atomic E-state index is 0.126. The van der Waals surface area contributed by atoms with Crippen molar-refractivity contribution in [3.8, 4) is 22.4 Å². The van der Waals surface area contributed by atoms with Crippen LogP contribution in [0.25, 0.3) is 33.2 Å².